The van der Waals surface area contributed by atoms with Crippen LogP contribution in [-0.4, -0.2) is 50.5 Å². The van der Waals surface area contributed by atoms with Gasteiger partial charge in [-0.1, -0.05) is 62.7 Å². The molecular weight excluding hydrogens is 450 g/mol. The van der Waals surface area contributed by atoms with Crippen LogP contribution in [0.25, 0.3) is 0 Å². The Balaban J connectivity index is 2.37. The minimum Gasteiger partial charge on any atom is -0.354 e. The zero-order valence-corrected chi connectivity index (χ0v) is 21.9. The van der Waals surface area contributed by atoms with Crippen molar-refractivity contribution >= 4 is 27.5 Å². The molecule has 8 heteroatoms. The van der Waals surface area contributed by atoms with Gasteiger partial charge in [-0.25, -0.2) is 8.42 Å². The number of hydrogen-bond acceptors (Lipinski definition) is 4. The lowest BCUT2D eigenvalue weighted by Crippen LogP contribution is -2.51. The van der Waals surface area contributed by atoms with E-state index in [4.69, 9.17) is 0 Å². The van der Waals surface area contributed by atoms with Gasteiger partial charge in [0.05, 0.1) is 11.9 Å². The summed E-state index contributed by atoms with van der Waals surface area (Å²) in [6.45, 7) is 10.0. The lowest BCUT2D eigenvalue weighted by atomic mass is 10.0. The highest BCUT2D eigenvalue weighted by molar-refractivity contribution is 7.92. The highest BCUT2D eigenvalue weighted by atomic mass is 32.2. The summed E-state index contributed by atoms with van der Waals surface area (Å²) >= 11 is 0. The highest BCUT2D eigenvalue weighted by Gasteiger charge is 2.30. The number of hydrogen-bond donors (Lipinski definition) is 1. The molecule has 1 unspecified atom stereocenters. The van der Waals surface area contributed by atoms with Crippen molar-refractivity contribution in [1.82, 2.24) is 10.2 Å². The molecule has 0 aliphatic carbocycles. The molecule has 0 aromatic heterocycles. The molecule has 0 radical (unpaired) electrons. The molecule has 0 saturated carbocycles. The molecule has 0 aliphatic heterocycles. The number of sulfonamides is 1. The number of carbonyl (C=O) groups is 2. The molecule has 2 amide bonds. The van der Waals surface area contributed by atoms with Gasteiger partial charge >= 0.3 is 0 Å². The van der Waals surface area contributed by atoms with E-state index in [1.807, 2.05) is 50.2 Å². The van der Waals surface area contributed by atoms with Crippen LogP contribution in [-0.2, 0) is 26.2 Å². The second kappa shape index (κ2) is 12.0. The molecule has 2 aromatic rings. The Kier molecular flexibility index (Phi) is 9.67. The van der Waals surface area contributed by atoms with Gasteiger partial charge in [-0.15, -0.1) is 0 Å². The van der Waals surface area contributed by atoms with Crippen LogP contribution < -0.4 is 9.62 Å². The molecule has 0 saturated heterocycles. The van der Waals surface area contributed by atoms with E-state index in [0.717, 1.165) is 33.7 Å². The van der Waals surface area contributed by atoms with E-state index in [0.29, 0.717) is 18.2 Å². The molecule has 2 rings (SSSR count). The fourth-order valence-electron chi connectivity index (χ4n) is 3.62. The van der Waals surface area contributed by atoms with Gasteiger partial charge in [0.2, 0.25) is 21.8 Å². The molecule has 1 atom stereocenters. The van der Waals surface area contributed by atoms with Crippen LogP contribution in [0, 0.1) is 6.92 Å². The van der Waals surface area contributed by atoms with Crippen LogP contribution in [0.15, 0.2) is 48.5 Å². The van der Waals surface area contributed by atoms with Gasteiger partial charge in [0.1, 0.15) is 12.6 Å². The van der Waals surface area contributed by atoms with E-state index in [1.54, 1.807) is 19.1 Å². The number of rotatable bonds is 11. The molecule has 0 spiro atoms. The van der Waals surface area contributed by atoms with E-state index in [2.05, 4.69) is 19.2 Å². The van der Waals surface area contributed by atoms with Gasteiger partial charge < -0.3 is 10.2 Å². The lowest BCUT2D eigenvalue weighted by Gasteiger charge is -2.31. The Morgan fingerprint density at radius 2 is 1.68 bits per heavy atom. The summed E-state index contributed by atoms with van der Waals surface area (Å²) in [6.07, 6.45) is 1.86. The first kappa shape index (κ1) is 27.4. The molecule has 0 aliphatic rings. The van der Waals surface area contributed by atoms with Crippen LogP contribution in [0.4, 0.5) is 5.69 Å². The van der Waals surface area contributed by atoms with Gasteiger partial charge in [-0.2, -0.15) is 0 Å². The van der Waals surface area contributed by atoms with Gasteiger partial charge in [-0.3, -0.25) is 13.9 Å². The third-order valence-electron chi connectivity index (χ3n) is 5.68. The number of benzene rings is 2. The average Bonchev–Trinajstić information content (AvgIpc) is 2.78. The zero-order valence-electron chi connectivity index (χ0n) is 21.0. The number of nitrogens with one attached hydrogen (secondary N) is 1. The van der Waals surface area contributed by atoms with Crippen molar-refractivity contribution in [2.75, 3.05) is 23.7 Å². The lowest BCUT2D eigenvalue weighted by molar-refractivity contribution is -0.139. The number of nitrogens with zero attached hydrogens (tertiary/aromatic N) is 2. The Labute approximate surface area is 204 Å². The Morgan fingerprint density at radius 1 is 1.03 bits per heavy atom. The second-order valence-electron chi connectivity index (χ2n) is 8.99. The summed E-state index contributed by atoms with van der Waals surface area (Å²) in [6, 6.07) is 14.1. The summed E-state index contributed by atoms with van der Waals surface area (Å²) in [5.74, 6) is -0.413. The Bertz CT molecular complexity index is 1080. The van der Waals surface area contributed by atoms with Crippen molar-refractivity contribution in [1.29, 1.82) is 0 Å². The van der Waals surface area contributed by atoms with Crippen molar-refractivity contribution in [3.63, 3.8) is 0 Å². The molecule has 186 valence electrons. The van der Waals surface area contributed by atoms with Crippen LogP contribution in [0.2, 0.25) is 0 Å². The quantitative estimate of drug-likeness (QED) is 0.522. The molecule has 1 N–H and O–H groups in total. The molecular formula is C26H37N3O4S. The standard InChI is InChI=1S/C26H37N3O4S/c1-7-15-27-26(31)21(5)28(17-22-10-8-9-20(4)16-22)25(30)18-29(34(6,32)33)24-13-11-23(12-14-24)19(2)3/h8-14,16,19,21H,7,15,17-18H2,1-6H3,(H,27,31). The molecule has 34 heavy (non-hydrogen) atoms. The van der Waals surface area contributed by atoms with Gasteiger partial charge in [0.25, 0.3) is 0 Å². The van der Waals surface area contributed by atoms with Crippen molar-refractivity contribution in [3.05, 3.63) is 65.2 Å². The van der Waals surface area contributed by atoms with Crippen LogP contribution >= 0.6 is 0 Å². The zero-order chi connectivity index (χ0) is 25.5. The largest absolute Gasteiger partial charge is 0.354 e. The van der Waals surface area contributed by atoms with Crippen LogP contribution in [0.5, 0.6) is 0 Å². The molecule has 7 nitrogen and oxygen atoms in total. The van der Waals surface area contributed by atoms with E-state index < -0.39 is 28.5 Å². The topological polar surface area (TPSA) is 86.8 Å². The summed E-state index contributed by atoms with van der Waals surface area (Å²) in [5, 5.41) is 2.83. The van der Waals surface area contributed by atoms with Gasteiger partial charge in [-0.05, 0) is 49.4 Å². The van der Waals surface area contributed by atoms with E-state index in [1.165, 1.54) is 4.90 Å². The van der Waals surface area contributed by atoms with Crippen molar-refractivity contribution in [3.8, 4) is 0 Å². The Morgan fingerprint density at radius 3 is 2.21 bits per heavy atom. The molecule has 0 fully saturated rings. The summed E-state index contributed by atoms with van der Waals surface area (Å²) in [4.78, 5) is 27.7. The monoisotopic (exact) mass is 487 g/mol. The predicted molar refractivity (Wildman–Crippen MR) is 137 cm³/mol. The average molecular weight is 488 g/mol. The number of carbonyl (C=O) groups excluding carboxylic acids is 2. The fraction of sp³-hybridized carbons (Fsp3) is 0.462. The third-order valence-corrected chi connectivity index (χ3v) is 6.82. The summed E-state index contributed by atoms with van der Waals surface area (Å²) < 4.78 is 26.4. The van der Waals surface area contributed by atoms with Crippen molar-refractivity contribution < 1.29 is 18.0 Å². The minimum absolute atomic E-state index is 0.200. The first-order valence-corrected chi connectivity index (χ1v) is 13.5. The smallest absolute Gasteiger partial charge is 0.244 e. The first-order chi connectivity index (χ1) is 15.9. The molecule has 2 aromatic carbocycles. The summed E-state index contributed by atoms with van der Waals surface area (Å²) in [7, 11) is -3.73. The van der Waals surface area contributed by atoms with Crippen LogP contribution in [0.3, 0.4) is 0 Å². The van der Waals surface area contributed by atoms with E-state index >= 15 is 0 Å². The van der Waals surface area contributed by atoms with Gasteiger partial charge in [0, 0.05) is 13.1 Å². The predicted octanol–water partition coefficient (Wildman–Crippen LogP) is 3.83. The van der Waals surface area contributed by atoms with Crippen LogP contribution in [0.1, 0.15) is 56.7 Å². The fourth-order valence-corrected chi connectivity index (χ4v) is 4.47. The van der Waals surface area contributed by atoms with Crippen molar-refractivity contribution in [2.24, 2.45) is 0 Å². The first-order valence-electron chi connectivity index (χ1n) is 11.6. The third kappa shape index (κ3) is 7.58. The normalized spacial score (nSPS) is 12.3. The maximum Gasteiger partial charge on any atom is 0.244 e. The minimum atomic E-state index is -3.73. The molecule has 0 bridgehead atoms. The Hall–Kier alpha value is -2.87. The second-order valence-corrected chi connectivity index (χ2v) is 10.9. The maximum atomic E-state index is 13.5. The SMILES string of the molecule is CCCNC(=O)C(C)N(Cc1cccc(C)c1)C(=O)CN(c1ccc(C(C)C)cc1)S(C)(=O)=O. The molecule has 0 heterocycles. The van der Waals surface area contributed by atoms with E-state index in [9.17, 15) is 18.0 Å². The van der Waals surface area contributed by atoms with Gasteiger partial charge in [0.15, 0.2) is 0 Å². The summed E-state index contributed by atoms with van der Waals surface area (Å²) in [5.41, 5.74) is 3.40. The number of amides is 2. The van der Waals surface area contributed by atoms with E-state index in [-0.39, 0.29) is 12.5 Å². The van der Waals surface area contributed by atoms with Crippen molar-refractivity contribution in [2.45, 2.75) is 59.5 Å². The highest BCUT2D eigenvalue weighted by Crippen LogP contribution is 2.23. The maximum absolute atomic E-state index is 13.5. The number of anilines is 1. The number of aryl methyl sites for hydroxylation is 1.